The van der Waals surface area contributed by atoms with Gasteiger partial charge in [0.05, 0.1) is 21.7 Å². The van der Waals surface area contributed by atoms with E-state index in [1.807, 2.05) is 37.3 Å². The van der Waals surface area contributed by atoms with Crippen LogP contribution in [0.15, 0.2) is 42.5 Å². The number of hydrogen-bond acceptors (Lipinski definition) is 6. The number of amides is 3. The van der Waals surface area contributed by atoms with E-state index in [0.29, 0.717) is 10.8 Å². The molecular weight excluding hydrogens is 408 g/mol. The highest BCUT2D eigenvalue weighted by Gasteiger charge is 2.10. The van der Waals surface area contributed by atoms with Crippen molar-refractivity contribution in [3.05, 3.63) is 48.0 Å². The van der Waals surface area contributed by atoms with Crippen LogP contribution in [-0.2, 0) is 14.4 Å². The van der Waals surface area contributed by atoms with E-state index in [0.717, 1.165) is 21.5 Å². The van der Waals surface area contributed by atoms with Crippen molar-refractivity contribution >= 4 is 67.5 Å². The van der Waals surface area contributed by atoms with E-state index in [2.05, 4.69) is 20.9 Å². The van der Waals surface area contributed by atoms with Crippen LogP contribution in [0.3, 0.4) is 0 Å². The molecule has 0 aliphatic heterocycles. The van der Waals surface area contributed by atoms with Gasteiger partial charge in [-0.25, -0.2) is 4.98 Å². The van der Waals surface area contributed by atoms with E-state index >= 15 is 0 Å². The summed E-state index contributed by atoms with van der Waals surface area (Å²) in [6.45, 7) is 3.43. The minimum Gasteiger partial charge on any atom is -0.326 e. The zero-order valence-corrected chi connectivity index (χ0v) is 17.6. The second-order valence-electron chi connectivity index (χ2n) is 6.34. The SMILES string of the molecule is CC(=O)Nc1ccc2nc(NC(=O)CSCC(=O)Nc3ccc(C)cc3)sc2c1. The number of benzene rings is 2. The van der Waals surface area contributed by atoms with Gasteiger partial charge >= 0.3 is 0 Å². The van der Waals surface area contributed by atoms with E-state index in [-0.39, 0.29) is 29.2 Å². The van der Waals surface area contributed by atoms with Crippen LogP contribution in [0.2, 0.25) is 0 Å². The molecule has 0 aliphatic rings. The van der Waals surface area contributed by atoms with Gasteiger partial charge in [-0.1, -0.05) is 29.0 Å². The number of carbonyl (C=O) groups is 3. The van der Waals surface area contributed by atoms with Crippen LogP contribution in [0.4, 0.5) is 16.5 Å². The van der Waals surface area contributed by atoms with Crippen molar-refractivity contribution in [2.45, 2.75) is 13.8 Å². The fraction of sp³-hybridized carbons (Fsp3) is 0.200. The van der Waals surface area contributed by atoms with E-state index in [4.69, 9.17) is 0 Å². The van der Waals surface area contributed by atoms with Crippen LogP contribution in [0.1, 0.15) is 12.5 Å². The second kappa shape index (κ2) is 9.53. The minimum absolute atomic E-state index is 0.147. The Kier molecular flexibility index (Phi) is 6.84. The lowest BCUT2D eigenvalue weighted by Crippen LogP contribution is -2.18. The molecule has 9 heteroatoms. The summed E-state index contributed by atoms with van der Waals surface area (Å²) in [6.07, 6.45) is 0. The largest absolute Gasteiger partial charge is 0.326 e. The van der Waals surface area contributed by atoms with E-state index in [9.17, 15) is 14.4 Å². The maximum atomic E-state index is 12.1. The summed E-state index contributed by atoms with van der Waals surface area (Å²) in [5, 5.41) is 8.75. The van der Waals surface area contributed by atoms with Crippen molar-refractivity contribution in [2.75, 3.05) is 27.5 Å². The lowest BCUT2D eigenvalue weighted by Gasteiger charge is -2.05. The molecule has 3 rings (SSSR count). The van der Waals surface area contributed by atoms with E-state index < -0.39 is 0 Å². The lowest BCUT2D eigenvalue weighted by atomic mass is 10.2. The first kappa shape index (κ1) is 20.8. The molecule has 0 aliphatic carbocycles. The smallest absolute Gasteiger partial charge is 0.236 e. The molecule has 1 aromatic heterocycles. The predicted octanol–water partition coefficient (Wildman–Crippen LogP) is 3.87. The van der Waals surface area contributed by atoms with Crippen molar-refractivity contribution in [1.82, 2.24) is 4.98 Å². The molecule has 7 nitrogen and oxygen atoms in total. The highest BCUT2D eigenvalue weighted by molar-refractivity contribution is 8.00. The van der Waals surface area contributed by atoms with Gasteiger partial charge in [0.2, 0.25) is 17.7 Å². The molecule has 29 heavy (non-hydrogen) atoms. The molecule has 0 spiro atoms. The van der Waals surface area contributed by atoms with Crippen LogP contribution in [0.25, 0.3) is 10.2 Å². The molecule has 0 radical (unpaired) electrons. The van der Waals surface area contributed by atoms with E-state index in [1.54, 1.807) is 12.1 Å². The molecule has 2 aromatic carbocycles. The normalized spacial score (nSPS) is 10.6. The fourth-order valence-electron chi connectivity index (χ4n) is 2.48. The number of aryl methyl sites for hydroxylation is 1. The number of nitrogens with zero attached hydrogens (tertiary/aromatic N) is 1. The monoisotopic (exact) mass is 428 g/mol. The summed E-state index contributed by atoms with van der Waals surface area (Å²) >= 11 is 2.56. The summed E-state index contributed by atoms with van der Waals surface area (Å²) in [5.74, 6) is -0.197. The first-order valence-corrected chi connectivity index (χ1v) is 10.8. The average Bonchev–Trinajstić information content (AvgIpc) is 3.04. The number of thiazole rings is 1. The zero-order valence-electron chi connectivity index (χ0n) is 15.9. The summed E-state index contributed by atoms with van der Waals surface area (Å²) in [5.41, 5.74) is 3.28. The van der Waals surface area contributed by atoms with Crippen molar-refractivity contribution in [2.24, 2.45) is 0 Å². The number of anilines is 3. The van der Waals surface area contributed by atoms with E-state index in [1.165, 1.54) is 30.0 Å². The predicted molar refractivity (Wildman–Crippen MR) is 120 cm³/mol. The molecule has 0 saturated heterocycles. The number of carbonyl (C=O) groups excluding carboxylic acids is 3. The summed E-state index contributed by atoms with van der Waals surface area (Å²) in [4.78, 5) is 39.6. The zero-order chi connectivity index (χ0) is 20.8. The van der Waals surface area contributed by atoms with Gasteiger partial charge in [-0.15, -0.1) is 11.8 Å². The van der Waals surface area contributed by atoms with Crippen molar-refractivity contribution in [1.29, 1.82) is 0 Å². The Balaban J connectivity index is 1.47. The van der Waals surface area contributed by atoms with Crippen molar-refractivity contribution in [3.8, 4) is 0 Å². The Morgan fingerprint density at radius 1 is 0.931 bits per heavy atom. The minimum atomic E-state index is -0.223. The third-order valence-electron chi connectivity index (χ3n) is 3.76. The van der Waals surface area contributed by atoms with Gasteiger partial charge in [0, 0.05) is 18.3 Å². The summed E-state index contributed by atoms with van der Waals surface area (Å²) < 4.78 is 0.858. The molecule has 0 fully saturated rings. The number of rotatable bonds is 7. The van der Waals surface area contributed by atoms with Gasteiger partial charge in [-0.05, 0) is 37.3 Å². The average molecular weight is 429 g/mol. The first-order valence-electron chi connectivity index (χ1n) is 8.81. The molecule has 0 unspecified atom stereocenters. The third kappa shape index (κ3) is 6.30. The highest BCUT2D eigenvalue weighted by atomic mass is 32.2. The molecule has 1 heterocycles. The molecule has 0 bridgehead atoms. The van der Waals surface area contributed by atoms with Crippen molar-refractivity contribution in [3.63, 3.8) is 0 Å². The summed E-state index contributed by atoms with van der Waals surface area (Å²) in [7, 11) is 0. The van der Waals surface area contributed by atoms with Crippen LogP contribution in [0.5, 0.6) is 0 Å². The second-order valence-corrected chi connectivity index (χ2v) is 8.35. The van der Waals surface area contributed by atoms with Gasteiger partial charge in [-0.3, -0.25) is 14.4 Å². The van der Waals surface area contributed by atoms with Gasteiger partial charge in [0.15, 0.2) is 5.13 Å². The van der Waals surface area contributed by atoms with Crippen LogP contribution >= 0.6 is 23.1 Å². The first-order chi connectivity index (χ1) is 13.9. The third-order valence-corrected chi connectivity index (χ3v) is 5.62. The Bertz CT molecular complexity index is 1050. The summed E-state index contributed by atoms with van der Waals surface area (Å²) in [6, 6.07) is 12.9. The quantitative estimate of drug-likeness (QED) is 0.530. The molecule has 3 amide bonds. The fourth-order valence-corrected chi connectivity index (χ4v) is 4.02. The number of nitrogens with one attached hydrogen (secondary N) is 3. The molecule has 3 aromatic rings. The van der Waals surface area contributed by atoms with Gasteiger partial charge in [0.1, 0.15) is 0 Å². The molecule has 0 atom stereocenters. The maximum Gasteiger partial charge on any atom is 0.236 e. The number of aromatic nitrogens is 1. The maximum absolute atomic E-state index is 12.1. The van der Waals surface area contributed by atoms with Crippen LogP contribution in [0, 0.1) is 6.92 Å². The lowest BCUT2D eigenvalue weighted by molar-refractivity contribution is -0.115. The Labute approximate surface area is 176 Å². The standard InChI is InChI=1S/C20H20N4O3S2/c1-12-3-5-14(6-4-12)22-18(26)10-28-11-19(27)24-20-23-16-8-7-15(21-13(2)25)9-17(16)29-20/h3-9H,10-11H2,1-2H3,(H,21,25)(H,22,26)(H,23,24,27). The van der Waals surface area contributed by atoms with Crippen molar-refractivity contribution < 1.29 is 14.4 Å². The van der Waals surface area contributed by atoms with Gasteiger partial charge in [0.25, 0.3) is 0 Å². The Morgan fingerprint density at radius 3 is 2.28 bits per heavy atom. The molecular formula is C20H20N4O3S2. The number of hydrogen-bond donors (Lipinski definition) is 3. The topological polar surface area (TPSA) is 100 Å². The van der Waals surface area contributed by atoms with Gasteiger partial charge < -0.3 is 16.0 Å². The number of thioether (sulfide) groups is 1. The molecule has 0 saturated carbocycles. The molecule has 150 valence electrons. The Morgan fingerprint density at radius 2 is 1.59 bits per heavy atom. The number of fused-ring (bicyclic) bond motifs is 1. The van der Waals surface area contributed by atoms with Crippen LogP contribution < -0.4 is 16.0 Å². The highest BCUT2D eigenvalue weighted by Crippen LogP contribution is 2.28. The molecule has 3 N–H and O–H groups in total. The Hall–Kier alpha value is -2.91. The van der Waals surface area contributed by atoms with Crippen LogP contribution in [-0.4, -0.2) is 34.2 Å². The van der Waals surface area contributed by atoms with Gasteiger partial charge in [-0.2, -0.15) is 0 Å².